The summed E-state index contributed by atoms with van der Waals surface area (Å²) in [6.07, 6.45) is 2.39. The highest BCUT2D eigenvalue weighted by atomic mass is 32.1. The predicted molar refractivity (Wildman–Crippen MR) is 106 cm³/mol. The second kappa shape index (κ2) is 7.12. The number of hydrogen-bond donors (Lipinski definition) is 2. The van der Waals surface area contributed by atoms with E-state index in [0.29, 0.717) is 17.2 Å². The van der Waals surface area contributed by atoms with Crippen LogP contribution in [0.2, 0.25) is 0 Å². The maximum absolute atomic E-state index is 12.7. The first-order valence-corrected chi connectivity index (χ1v) is 9.24. The summed E-state index contributed by atoms with van der Waals surface area (Å²) in [4.78, 5) is 31.6. The number of fused-ring (bicyclic) bond motifs is 1. The molecule has 0 spiro atoms. The summed E-state index contributed by atoms with van der Waals surface area (Å²) < 4.78 is 1.48. The fourth-order valence-corrected chi connectivity index (χ4v) is 3.59. The Kier molecular flexibility index (Phi) is 4.51. The third-order valence-electron chi connectivity index (χ3n) is 3.96. The molecule has 8 nitrogen and oxygen atoms in total. The van der Waals surface area contributed by atoms with Crippen LogP contribution < -0.4 is 16.6 Å². The molecule has 0 fully saturated rings. The first-order valence-electron chi connectivity index (χ1n) is 8.42. The summed E-state index contributed by atoms with van der Waals surface area (Å²) >= 11 is 1.54. The highest BCUT2D eigenvalue weighted by molar-refractivity contribution is 7.18. The Labute approximate surface area is 158 Å². The highest BCUT2D eigenvalue weighted by Gasteiger charge is 2.11. The van der Waals surface area contributed by atoms with Crippen LogP contribution in [0.5, 0.6) is 0 Å². The average molecular weight is 379 g/mol. The van der Waals surface area contributed by atoms with Crippen molar-refractivity contribution in [2.75, 3.05) is 11.1 Å². The van der Waals surface area contributed by atoms with Crippen LogP contribution in [0.25, 0.3) is 10.2 Å². The minimum absolute atomic E-state index is 0.0873. The van der Waals surface area contributed by atoms with Gasteiger partial charge in [0.1, 0.15) is 4.83 Å². The van der Waals surface area contributed by atoms with Crippen LogP contribution in [-0.4, -0.2) is 24.5 Å². The lowest BCUT2D eigenvalue weighted by Gasteiger charge is -2.08. The third-order valence-corrected chi connectivity index (χ3v) is 5.15. The molecule has 0 atom stereocenters. The Hall–Kier alpha value is -3.33. The van der Waals surface area contributed by atoms with Gasteiger partial charge in [0.2, 0.25) is 11.9 Å². The van der Waals surface area contributed by atoms with Gasteiger partial charge in [0.05, 0.1) is 18.3 Å². The molecule has 9 heteroatoms. The summed E-state index contributed by atoms with van der Waals surface area (Å²) in [5.74, 6) is 0.800. The Morgan fingerprint density at radius 2 is 2.00 bits per heavy atom. The molecule has 1 aromatic carbocycles. The molecule has 4 aromatic rings. The molecule has 0 aliphatic heterocycles. The number of rotatable bonds is 5. The lowest BCUT2D eigenvalue weighted by atomic mass is 10.3. The van der Waals surface area contributed by atoms with Gasteiger partial charge in [-0.2, -0.15) is 15.0 Å². The zero-order valence-electron chi connectivity index (χ0n) is 14.6. The molecule has 0 saturated heterocycles. The zero-order valence-corrected chi connectivity index (χ0v) is 15.4. The Morgan fingerprint density at radius 1 is 1.19 bits per heavy atom. The van der Waals surface area contributed by atoms with Crippen LogP contribution in [0.15, 0.2) is 47.5 Å². The minimum atomic E-state index is -0.118. The van der Waals surface area contributed by atoms with Crippen molar-refractivity contribution in [1.82, 2.24) is 24.5 Å². The molecule has 0 aliphatic rings. The van der Waals surface area contributed by atoms with Crippen molar-refractivity contribution in [3.8, 4) is 0 Å². The van der Waals surface area contributed by atoms with Crippen molar-refractivity contribution in [3.05, 3.63) is 63.8 Å². The second-order valence-corrected chi connectivity index (χ2v) is 7.00. The average Bonchev–Trinajstić information content (AvgIpc) is 3.09. The van der Waals surface area contributed by atoms with E-state index in [2.05, 4.69) is 32.2 Å². The number of anilines is 3. The van der Waals surface area contributed by atoms with Crippen LogP contribution in [0.3, 0.4) is 0 Å². The Bertz CT molecular complexity index is 1150. The third kappa shape index (κ3) is 3.63. The number of benzene rings is 1. The molecular formula is C18H17N7OS. The first kappa shape index (κ1) is 17.1. The van der Waals surface area contributed by atoms with E-state index < -0.39 is 0 Å². The van der Waals surface area contributed by atoms with Crippen LogP contribution in [0.1, 0.15) is 17.6 Å². The zero-order chi connectivity index (χ0) is 18.8. The van der Waals surface area contributed by atoms with Crippen molar-refractivity contribution >= 4 is 39.1 Å². The molecule has 0 radical (unpaired) electrons. The van der Waals surface area contributed by atoms with Crippen LogP contribution >= 0.6 is 11.3 Å². The SMILES string of the molecule is CCc1cc2c(=O)n(Cc3nc(N)nc(Nc4ccccc4)n3)cnc2s1. The number of para-hydroxylation sites is 1. The molecular weight excluding hydrogens is 362 g/mol. The lowest BCUT2D eigenvalue weighted by molar-refractivity contribution is 0.704. The number of nitrogens with zero attached hydrogens (tertiary/aromatic N) is 5. The van der Waals surface area contributed by atoms with Crippen molar-refractivity contribution < 1.29 is 0 Å². The van der Waals surface area contributed by atoms with Gasteiger partial charge in [-0.3, -0.25) is 9.36 Å². The van der Waals surface area contributed by atoms with Gasteiger partial charge in [-0.25, -0.2) is 4.98 Å². The number of nitrogens with one attached hydrogen (secondary N) is 1. The van der Waals surface area contributed by atoms with Gasteiger partial charge in [0.15, 0.2) is 5.82 Å². The van der Waals surface area contributed by atoms with E-state index in [-0.39, 0.29) is 18.1 Å². The van der Waals surface area contributed by atoms with E-state index in [1.165, 1.54) is 22.2 Å². The predicted octanol–water partition coefficient (Wildman–Crippen LogP) is 2.58. The smallest absolute Gasteiger partial charge is 0.262 e. The van der Waals surface area contributed by atoms with Gasteiger partial charge in [-0.15, -0.1) is 11.3 Å². The van der Waals surface area contributed by atoms with E-state index in [1.54, 1.807) is 0 Å². The standard InChI is InChI=1S/C18H17N7OS/c1-2-12-8-13-15(27-12)20-10-25(16(13)26)9-14-22-17(19)24-18(23-14)21-11-6-4-3-5-7-11/h3-8,10H,2,9H2,1H3,(H3,19,21,22,23,24). The Morgan fingerprint density at radius 3 is 2.78 bits per heavy atom. The maximum Gasteiger partial charge on any atom is 0.262 e. The normalized spacial score (nSPS) is 11.0. The van der Waals surface area contributed by atoms with Gasteiger partial charge in [0.25, 0.3) is 5.56 Å². The molecule has 3 aromatic heterocycles. The number of aryl methyl sites for hydroxylation is 1. The van der Waals surface area contributed by atoms with Crippen molar-refractivity contribution in [1.29, 1.82) is 0 Å². The molecule has 4 rings (SSSR count). The van der Waals surface area contributed by atoms with E-state index >= 15 is 0 Å². The monoisotopic (exact) mass is 379 g/mol. The number of thiophene rings is 1. The summed E-state index contributed by atoms with van der Waals surface area (Å²) in [6.45, 7) is 2.22. The van der Waals surface area contributed by atoms with Crippen molar-refractivity contribution in [2.24, 2.45) is 0 Å². The van der Waals surface area contributed by atoms with Gasteiger partial charge in [-0.1, -0.05) is 25.1 Å². The van der Waals surface area contributed by atoms with Gasteiger partial charge in [-0.05, 0) is 24.6 Å². The molecule has 0 unspecified atom stereocenters. The molecule has 3 N–H and O–H groups in total. The summed E-state index contributed by atoms with van der Waals surface area (Å²) in [5, 5.41) is 3.70. The van der Waals surface area contributed by atoms with Crippen molar-refractivity contribution in [2.45, 2.75) is 19.9 Å². The maximum atomic E-state index is 12.7. The molecule has 0 saturated carbocycles. The minimum Gasteiger partial charge on any atom is -0.368 e. The van der Waals surface area contributed by atoms with Crippen LogP contribution in [-0.2, 0) is 13.0 Å². The Balaban J connectivity index is 1.65. The molecule has 27 heavy (non-hydrogen) atoms. The van der Waals surface area contributed by atoms with E-state index in [0.717, 1.165) is 21.8 Å². The quantitative estimate of drug-likeness (QED) is 0.548. The number of nitrogen functional groups attached to an aromatic ring is 1. The van der Waals surface area contributed by atoms with Gasteiger partial charge >= 0.3 is 0 Å². The second-order valence-electron chi connectivity index (χ2n) is 5.89. The van der Waals surface area contributed by atoms with Crippen molar-refractivity contribution in [3.63, 3.8) is 0 Å². The lowest BCUT2D eigenvalue weighted by Crippen LogP contribution is -2.22. The first-order chi connectivity index (χ1) is 13.1. The fraction of sp³-hybridized carbons (Fsp3) is 0.167. The molecule has 0 amide bonds. The number of hydrogen-bond acceptors (Lipinski definition) is 8. The molecule has 0 aliphatic carbocycles. The van der Waals surface area contributed by atoms with E-state index in [1.807, 2.05) is 36.4 Å². The summed E-state index contributed by atoms with van der Waals surface area (Å²) in [5.41, 5.74) is 6.53. The van der Waals surface area contributed by atoms with Gasteiger partial charge < -0.3 is 11.1 Å². The molecule has 3 heterocycles. The highest BCUT2D eigenvalue weighted by Crippen LogP contribution is 2.21. The molecule has 0 bridgehead atoms. The summed E-state index contributed by atoms with van der Waals surface area (Å²) in [6, 6.07) is 11.4. The topological polar surface area (TPSA) is 112 Å². The van der Waals surface area contributed by atoms with E-state index in [9.17, 15) is 4.79 Å². The fourth-order valence-electron chi connectivity index (χ4n) is 2.66. The largest absolute Gasteiger partial charge is 0.368 e. The van der Waals surface area contributed by atoms with Crippen LogP contribution in [0.4, 0.5) is 17.6 Å². The number of aromatic nitrogens is 5. The van der Waals surface area contributed by atoms with E-state index in [4.69, 9.17) is 5.73 Å². The van der Waals surface area contributed by atoms with Crippen LogP contribution in [0, 0.1) is 0 Å². The molecule has 136 valence electrons. The summed E-state index contributed by atoms with van der Waals surface area (Å²) in [7, 11) is 0. The number of nitrogens with two attached hydrogens (primary N) is 1. The van der Waals surface area contributed by atoms with Gasteiger partial charge in [0, 0.05) is 10.6 Å².